The standard InChI is InChI=1S/C22H25N3O3/c1-23-20-8-7-18(15-17(20)16-22(23)27)24-10-12-25(13-11-24)21(26)9-14-28-19-5-3-2-4-6-19/h2-8,15H,9-14,16H2,1H3. The highest BCUT2D eigenvalue weighted by molar-refractivity contribution is 6.01. The van der Waals surface area contributed by atoms with Gasteiger partial charge in [-0.05, 0) is 35.9 Å². The molecular weight excluding hydrogens is 354 g/mol. The molecule has 0 N–H and O–H groups in total. The molecule has 0 bridgehead atoms. The topological polar surface area (TPSA) is 53.1 Å². The third-order valence-electron chi connectivity index (χ3n) is 5.47. The molecule has 2 aromatic carbocycles. The molecule has 0 aromatic heterocycles. The number of amides is 2. The van der Waals surface area contributed by atoms with Crippen molar-refractivity contribution in [1.29, 1.82) is 0 Å². The number of hydrogen-bond acceptors (Lipinski definition) is 4. The van der Waals surface area contributed by atoms with Gasteiger partial charge >= 0.3 is 0 Å². The number of rotatable bonds is 5. The summed E-state index contributed by atoms with van der Waals surface area (Å²) >= 11 is 0. The van der Waals surface area contributed by atoms with Gasteiger partial charge in [-0.25, -0.2) is 0 Å². The lowest BCUT2D eigenvalue weighted by atomic mass is 10.1. The molecule has 1 saturated heterocycles. The number of para-hydroxylation sites is 1. The quantitative estimate of drug-likeness (QED) is 0.800. The number of benzene rings is 2. The molecule has 0 spiro atoms. The first-order valence-corrected chi connectivity index (χ1v) is 9.72. The molecule has 0 atom stereocenters. The lowest BCUT2D eigenvalue weighted by Crippen LogP contribution is -2.49. The number of likely N-dealkylation sites (N-methyl/N-ethyl adjacent to an activating group) is 1. The van der Waals surface area contributed by atoms with Crippen molar-refractivity contribution < 1.29 is 14.3 Å². The number of hydrogen-bond donors (Lipinski definition) is 0. The van der Waals surface area contributed by atoms with Crippen LogP contribution in [0.5, 0.6) is 5.75 Å². The molecule has 2 amide bonds. The third-order valence-corrected chi connectivity index (χ3v) is 5.47. The maximum atomic E-state index is 12.4. The van der Waals surface area contributed by atoms with Gasteiger partial charge < -0.3 is 19.4 Å². The van der Waals surface area contributed by atoms with Crippen molar-refractivity contribution in [1.82, 2.24) is 4.90 Å². The first kappa shape index (κ1) is 18.3. The fraction of sp³-hybridized carbons (Fsp3) is 0.364. The highest BCUT2D eigenvalue weighted by Crippen LogP contribution is 2.31. The summed E-state index contributed by atoms with van der Waals surface area (Å²) in [5.41, 5.74) is 3.21. The predicted octanol–water partition coefficient (Wildman–Crippen LogP) is 2.32. The lowest BCUT2D eigenvalue weighted by molar-refractivity contribution is -0.132. The fourth-order valence-electron chi connectivity index (χ4n) is 3.80. The summed E-state index contributed by atoms with van der Waals surface area (Å²) < 4.78 is 5.63. The van der Waals surface area contributed by atoms with E-state index in [4.69, 9.17) is 4.74 Å². The molecule has 2 aromatic rings. The summed E-state index contributed by atoms with van der Waals surface area (Å²) in [4.78, 5) is 30.2. The Hall–Kier alpha value is -3.02. The summed E-state index contributed by atoms with van der Waals surface area (Å²) in [6.45, 7) is 3.41. The van der Waals surface area contributed by atoms with Gasteiger partial charge in [0.15, 0.2) is 0 Å². The van der Waals surface area contributed by atoms with Crippen molar-refractivity contribution in [3.05, 3.63) is 54.1 Å². The van der Waals surface area contributed by atoms with Crippen molar-refractivity contribution in [3.63, 3.8) is 0 Å². The number of carbonyl (C=O) groups excluding carboxylic acids is 2. The smallest absolute Gasteiger partial charge is 0.231 e. The second-order valence-electron chi connectivity index (χ2n) is 7.22. The number of nitrogens with zero attached hydrogens (tertiary/aromatic N) is 3. The molecule has 0 radical (unpaired) electrons. The molecule has 4 rings (SSSR count). The monoisotopic (exact) mass is 379 g/mol. The largest absolute Gasteiger partial charge is 0.493 e. The number of carbonyl (C=O) groups is 2. The molecule has 146 valence electrons. The van der Waals surface area contributed by atoms with Crippen molar-refractivity contribution in [3.8, 4) is 5.75 Å². The Labute approximate surface area is 165 Å². The molecule has 6 heteroatoms. The van der Waals surface area contributed by atoms with Crippen LogP contribution in [-0.4, -0.2) is 56.5 Å². The van der Waals surface area contributed by atoms with Crippen molar-refractivity contribution in [2.75, 3.05) is 49.6 Å². The Kier molecular flexibility index (Phi) is 5.19. The molecule has 1 fully saturated rings. The second kappa shape index (κ2) is 7.92. The minimum absolute atomic E-state index is 0.136. The Bertz CT molecular complexity index is 861. The first-order valence-electron chi connectivity index (χ1n) is 9.72. The van der Waals surface area contributed by atoms with Crippen LogP contribution in [-0.2, 0) is 16.0 Å². The zero-order chi connectivity index (χ0) is 19.5. The molecular formula is C22H25N3O3. The van der Waals surface area contributed by atoms with E-state index in [1.54, 1.807) is 4.90 Å². The van der Waals surface area contributed by atoms with Crippen LogP contribution in [0.4, 0.5) is 11.4 Å². The molecule has 2 aliphatic rings. The number of fused-ring (bicyclic) bond motifs is 1. The molecule has 0 aliphatic carbocycles. The van der Waals surface area contributed by atoms with E-state index >= 15 is 0 Å². The highest BCUT2D eigenvalue weighted by atomic mass is 16.5. The molecule has 0 saturated carbocycles. The Balaban J connectivity index is 1.27. The SMILES string of the molecule is CN1C(=O)Cc2cc(N3CCN(C(=O)CCOc4ccccc4)CC3)ccc21. The molecule has 0 unspecified atom stereocenters. The summed E-state index contributed by atoms with van der Waals surface area (Å²) in [6.07, 6.45) is 0.863. The van der Waals surface area contributed by atoms with E-state index in [0.29, 0.717) is 32.5 Å². The second-order valence-corrected chi connectivity index (χ2v) is 7.22. The van der Waals surface area contributed by atoms with Gasteiger partial charge in [0, 0.05) is 44.6 Å². The van der Waals surface area contributed by atoms with E-state index < -0.39 is 0 Å². The van der Waals surface area contributed by atoms with Crippen molar-refractivity contribution in [2.45, 2.75) is 12.8 Å². The van der Waals surface area contributed by atoms with Crippen LogP contribution in [0.3, 0.4) is 0 Å². The fourth-order valence-corrected chi connectivity index (χ4v) is 3.80. The van der Waals surface area contributed by atoms with Gasteiger partial charge in [-0.2, -0.15) is 0 Å². The van der Waals surface area contributed by atoms with Crippen LogP contribution < -0.4 is 14.5 Å². The van der Waals surface area contributed by atoms with E-state index in [-0.39, 0.29) is 11.8 Å². The van der Waals surface area contributed by atoms with Crippen LogP contribution in [0.25, 0.3) is 0 Å². The molecule has 6 nitrogen and oxygen atoms in total. The van der Waals surface area contributed by atoms with Crippen LogP contribution in [0, 0.1) is 0 Å². The molecule has 28 heavy (non-hydrogen) atoms. The van der Waals surface area contributed by atoms with Gasteiger partial charge in [0.1, 0.15) is 5.75 Å². The van der Waals surface area contributed by atoms with Gasteiger partial charge in [0.05, 0.1) is 19.4 Å². The van der Waals surface area contributed by atoms with Crippen molar-refractivity contribution in [2.24, 2.45) is 0 Å². The number of piperazine rings is 1. The summed E-state index contributed by atoms with van der Waals surface area (Å²) in [5, 5.41) is 0. The minimum Gasteiger partial charge on any atom is -0.493 e. The van der Waals surface area contributed by atoms with E-state index in [1.807, 2.05) is 48.3 Å². The van der Waals surface area contributed by atoms with E-state index in [2.05, 4.69) is 17.0 Å². The zero-order valence-corrected chi connectivity index (χ0v) is 16.1. The average molecular weight is 379 g/mol. The molecule has 2 aliphatic heterocycles. The maximum absolute atomic E-state index is 12.4. The highest BCUT2D eigenvalue weighted by Gasteiger charge is 2.26. The lowest BCUT2D eigenvalue weighted by Gasteiger charge is -2.36. The van der Waals surface area contributed by atoms with Crippen LogP contribution >= 0.6 is 0 Å². The summed E-state index contributed by atoms with van der Waals surface area (Å²) in [6, 6.07) is 15.8. The van der Waals surface area contributed by atoms with Crippen LogP contribution in [0.2, 0.25) is 0 Å². The van der Waals surface area contributed by atoms with E-state index in [1.165, 1.54) is 0 Å². The normalized spacial score (nSPS) is 16.3. The predicted molar refractivity (Wildman–Crippen MR) is 109 cm³/mol. The van der Waals surface area contributed by atoms with Crippen molar-refractivity contribution >= 4 is 23.2 Å². The van der Waals surface area contributed by atoms with Gasteiger partial charge in [-0.3, -0.25) is 9.59 Å². The Morgan fingerprint density at radius 1 is 1.04 bits per heavy atom. The number of anilines is 2. The molecule has 2 heterocycles. The van der Waals surface area contributed by atoms with Crippen LogP contribution in [0.15, 0.2) is 48.5 Å². The van der Waals surface area contributed by atoms with E-state index in [0.717, 1.165) is 35.8 Å². The van der Waals surface area contributed by atoms with Crippen LogP contribution in [0.1, 0.15) is 12.0 Å². The third kappa shape index (κ3) is 3.81. The van der Waals surface area contributed by atoms with E-state index in [9.17, 15) is 9.59 Å². The summed E-state index contributed by atoms with van der Waals surface area (Å²) in [7, 11) is 1.82. The van der Waals surface area contributed by atoms with Gasteiger partial charge in [-0.15, -0.1) is 0 Å². The average Bonchev–Trinajstić information content (AvgIpc) is 3.02. The van der Waals surface area contributed by atoms with Gasteiger partial charge in [0.25, 0.3) is 0 Å². The zero-order valence-electron chi connectivity index (χ0n) is 16.1. The summed E-state index contributed by atoms with van der Waals surface area (Å²) in [5.74, 6) is 1.07. The Morgan fingerprint density at radius 2 is 1.79 bits per heavy atom. The minimum atomic E-state index is 0.136. The maximum Gasteiger partial charge on any atom is 0.231 e. The van der Waals surface area contributed by atoms with Gasteiger partial charge in [-0.1, -0.05) is 18.2 Å². The first-order chi connectivity index (χ1) is 13.6. The number of ether oxygens (including phenoxy) is 1. The Morgan fingerprint density at radius 3 is 2.54 bits per heavy atom. The van der Waals surface area contributed by atoms with Gasteiger partial charge in [0.2, 0.25) is 11.8 Å².